The van der Waals surface area contributed by atoms with Crippen LogP contribution in [0.3, 0.4) is 0 Å². The summed E-state index contributed by atoms with van der Waals surface area (Å²) in [7, 11) is 0. The second kappa shape index (κ2) is 6.29. The molecule has 0 aliphatic carbocycles. The van der Waals surface area contributed by atoms with E-state index in [0.717, 1.165) is 30.7 Å². The smallest absolute Gasteiger partial charge is 0.251 e. The second-order valence-corrected chi connectivity index (χ2v) is 7.02. The first-order chi connectivity index (χ1) is 11.0. The predicted molar refractivity (Wildman–Crippen MR) is 89.2 cm³/mol. The Morgan fingerprint density at radius 1 is 1.48 bits per heavy atom. The van der Waals surface area contributed by atoms with E-state index in [1.165, 1.54) is 6.42 Å². The zero-order chi connectivity index (χ0) is 16.4. The molecule has 1 fully saturated rings. The third-order valence-corrected chi connectivity index (χ3v) is 4.41. The summed E-state index contributed by atoms with van der Waals surface area (Å²) in [4.78, 5) is 21.9. The largest absolute Gasteiger partial charge is 0.388 e. The predicted octanol–water partition coefficient (Wildman–Crippen LogP) is 1.52. The van der Waals surface area contributed by atoms with Crippen LogP contribution in [0.1, 0.15) is 36.5 Å². The number of aliphatic hydroxyl groups excluding tert-OH is 1. The van der Waals surface area contributed by atoms with E-state index in [-0.39, 0.29) is 12.5 Å². The number of amides is 1. The van der Waals surface area contributed by atoms with Crippen LogP contribution in [-0.4, -0.2) is 52.1 Å². The average molecular weight is 316 g/mol. The van der Waals surface area contributed by atoms with Gasteiger partial charge in [0.05, 0.1) is 11.0 Å². The molecule has 2 aromatic rings. The molecular weight excluding hydrogens is 292 g/mol. The maximum Gasteiger partial charge on any atom is 0.251 e. The fraction of sp³-hybridized carbons (Fsp3) is 0.529. The van der Waals surface area contributed by atoms with E-state index in [1.807, 2.05) is 0 Å². The zero-order valence-electron chi connectivity index (χ0n) is 13.7. The van der Waals surface area contributed by atoms with Gasteiger partial charge in [0.25, 0.3) is 5.91 Å². The van der Waals surface area contributed by atoms with Gasteiger partial charge in [-0.3, -0.25) is 4.79 Å². The van der Waals surface area contributed by atoms with Crippen molar-refractivity contribution in [3.05, 3.63) is 29.6 Å². The Labute approximate surface area is 135 Å². The lowest BCUT2D eigenvalue weighted by Gasteiger charge is -2.19. The number of likely N-dealkylation sites (tertiary alicyclic amines) is 1. The van der Waals surface area contributed by atoms with Crippen LogP contribution in [0.4, 0.5) is 0 Å². The van der Waals surface area contributed by atoms with Crippen LogP contribution >= 0.6 is 0 Å². The van der Waals surface area contributed by atoms with Gasteiger partial charge in [-0.2, -0.15) is 0 Å². The SMILES string of the molecule is CC1(C)CCN(CCNC(=O)c2ccc3nc(CO)[nH]c3c2)C1. The molecule has 0 atom stereocenters. The van der Waals surface area contributed by atoms with Gasteiger partial charge in [-0.25, -0.2) is 4.98 Å². The van der Waals surface area contributed by atoms with Crippen LogP contribution in [0.2, 0.25) is 0 Å². The van der Waals surface area contributed by atoms with Crippen molar-refractivity contribution in [1.82, 2.24) is 20.2 Å². The highest BCUT2D eigenvalue weighted by Crippen LogP contribution is 2.28. The first-order valence-corrected chi connectivity index (χ1v) is 8.07. The molecule has 0 spiro atoms. The summed E-state index contributed by atoms with van der Waals surface area (Å²) >= 11 is 0. The number of aromatic amines is 1. The summed E-state index contributed by atoms with van der Waals surface area (Å²) in [6.45, 7) is 8.16. The third kappa shape index (κ3) is 3.71. The highest BCUT2D eigenvalue weighted by Gasteiger charge is 2.28. The lowest BCUT2D eigenvalue weighted by atomic mass is 9.93. The molecule has 1 saturated heterocycles. The van der Waals surface area contributed by atoms with E-state index in [0.29, 0.717) is 23.3 Å². The number of carbonyl (C=O) groups excluding carboxylic acids is 1. The first kappa shape index (κ1) is 16.0. The van der Waals surface area contributed by atoms with Gasteiger partial charge in [0.15, 0.2) is 0 Å². The van der Waals surface area contributed by atoms with Gasteiger partial charge in [-0.15, -0.1) is 0 Å². The Balaban J connectivity index is 1.56. The highest BCUT2D eigenvalue weighted by molar-refractivity contribution is 5.97. The maximum absolute atomic E-state index is 12.3. The van der Waals surface area contributed by atoms with E-state index < -0.39 is 0 Å². The van der Waals surface area contributed by atoms with Crippen molar-refractivity contribution in [3.8, 4) is 0 Å². The summed E-state index contributed by atoms with van der Waals surface area (Å²) in [5.41, 5.74) is 2.51. The zero-order valence-corrected chi connectivity index (χ0v) is 13.7. The number of imidazole rings is 1. The van der Waals surface area contributed by atoms with Gasteiger partial charge < -0.3 is 20.3 Å². The number of benzene rings is 1. The topological polar surface area (TPSA) is 81.2 Å². The van der Waals surface area contributed by atoms with E-state index in [9.17, 15) is 4.79 Å². The van der Waals surface area contributed by atoms with Gasteiger partial charge >= 0.3 is 0 Å². The average Bonchev–Trinajstić information content (AvgIpc) is 3.08. The maximum atomic E-state index is 12.3. The molecule has 1 amide bonds. The van der Waals surface area contributed by atoms with E-state index >= 15 is 0 Å². The van der Waals surface area contributed by atoms with Crippen LogP contribution in [0.25, 0.3) is 11.0 Å². The normalized spacial score (nSPS) is 17.7. The lowest BCUT2D eigenvalue weighted by molar-refractivity contribution is 0.0949. The molecule has 1 aliphatic rings. The number of fused-ring (bicyclic) bond motifs is 1. The van der Waals surface area contributed by atoms with Crippen molar-refractivity contribution in [1.29, 1.82) is 0 Å². The van der Waals surface area contributed by atoms with Gasteiger partial charge in [0, 0.05) is 25.2 Å². The number of rotatable bonds is 5. The van der Waals surface area contributed by atoms with Crippen molar-refractivity contribution in [2.45, 2.75) is 26.9 Å². The number of carbonyl (C=O) groups is 1. The molecule has 23 heavy (non-hydrogen) atoms. The fourth-order valence-corrected chi connectivity index (χ4v) is 3.12. The van der Waals surface area contributed by atoms with Crippen LogP contribution in [0, 0.1) is 5.41 Å². The molecule has 0 unspecified atom stereocenters. The van der Waals surface area contributed by atoms with Crippen LogP contribution in [0.15, 0.2) is 18.2 Å². The molecule has 1 aromatic heterocycles. The Hall–Kier alpha value is -1.92. The summed E-state index contributed by atoms with van der Waals surface area (Å²) in [6.07, 6.45) is 1.21. The van der Waals surface area contributed by atoms with Crippen LogP contribution in [-0.2, 0) is 6.61 Å². The Kier molecular flexibility index (Phi) is 4.37. The van der Waals surface area contributed by atoms with E-state index in [2.05, 4.69) is 34.0 Å². The number of H-pyrrole nitrogens is 1. The highest BCUT2D eigenvalue weighted by atomic mass is 16.3. The van der Waals surface area contributed by atoms with Crippen molar-refractivity contribution in [2.24, 2.45) is 5.41 Å². The van der Waals surface area contributed by atoms with Crippen molar-refractivity contribution in [2.75, 3.05) is 26.2 Å². The molecule has 0 radical (unpaired) electrons. The quantitative estimate of drug-likeness (QED) is 0.781. The molecule has 0 bridgehead atoms. The molecule has 3 rings (SSSR count). The number of nitrogens with one attached hydrogen (secondary N) is 2. The summed E-state index contributed by atoms with van der Waals surface area (Å²) < 4.78 is 0. The van der Waals surface area contributed by atoms with Crippen molar-refractivity contribution in [3.63, 3.8) is 0 Å². The number of hydrogen-bond donors (Lipinski definition) is 3. The number of aromatic nitrogens is 2. The molecule has 2 heterocycles. The minimum atomic E-state index is -0.137. The monoisotopic (exact) mass is 316 g/mol. The van der Waals surface area contributed by atoms with Gasteiger partial charge in [0.1, 0.15) is 12.4 Å². The second-order valence-electron chi connectivity index (χ2n) is 7.02. The minimum Gasteiger partial charge on any atom is -0.388 e. The van der Waals surface area contributed by atoms with Crippen LogP contribution < -0.4 is 5.32 Å². The number of nitrogens with zero attached hydrogens (tertiary/aromatic N) is 2. The fourth-order valence-electron chi connectivity index (χ4n) is 3.12. The molecule has 3 N–H and O–H groups in total. The van der Waals surface area contributed by atoms with Crippen LogP contribution in [0.5, 0.6) is 0 Å². The summed E-state index contributed by atoms with van der Waals surface area (Å²) in [5, 5.41) is 12.1. The molecule has 0 saturated carbocycles. The number of hydrogen-bond acceptors (Lipinski definition) is 4. The van der Waals surface area contributed by atoms with Crippen molar-refractivity contribution < 1.29 is 9.90 Å². The van der Waals surface area contributed by atoms with Gasteiger partial charge in [0.2, 0.25) is 0 Å². The minimum absolute atomic E-state index is 0.0782. The molecule has 1 aromatic carbocycles. The molecule has 124 valence electrons. The van der Waals surface area contributed by atoms with E-state index in [4.69, 9.17) is 5.11 Å². The Morgan fingerprint density at radius 3 is 3.00 bits per heavy atom. The lowest BCUT2D eigenvalue weighted by Crippen LogP contribution is -2.34. The summed E-state index contributed by atoms with van der Waals surface area (Å²) in [6, 6.07) is 5.33. The summed E-state index contributed by atoms with van der Waals surface area (Å²) in [5.74, 6) is 0.430. The first-order valence-electron chi connectivity index (χ1n) is 8.07. The Bertz CT molecular complexity index is 708. The third-order valence-electron chi connectivity index (χ3n) is 4.41. The molecular formula is C17H24N4O2. The Morgan fingerprint density at radius 2 is 2.30 bits per heavy atom. The van der Waals surface area contributed by atoms with Crippen molar-refractivity contribution >= 4 is 16.9 Å². The molecule has 6 nitrogen and oxygen atoms in total. The van der Waals surface area contributed by atoms with E-state index in [1.54, 1.807) is 18.2 Å². The van der Waals surface area contributed by atoms with Gasteiger partial charge in [-0.1, -0.05) is 13.8 Å². The van der Waals surface area contributed by atoms with Gasteiger partial charge in [-0.05, 0) is 36.6 Å². The molecule has 6 heteroatoms. The number of aliphatic hydroxyl groups is 1. The molecule has 1 aliphatic heterocycles. The standard InChI is InChI=1S/C17H24N4O2/c1-17(2)5-7-21(11-17)8-6-18-16(23)12-3-4-13-14(9-12)20-15(10-22)19-13/h3-4,9,22H,5-8,10-11H2,1-2H3,(H,18,23)(H,19,20).